The third kappa shape index (κ3) is 4.72. The second-order valence-corrected chi connectivity index (χ2v) is 6.74. The molecule has 1 aromatic carbocycles. The highest BCUT2D eigenvalue weighted by atomic mass is 35.5. The maximum Gasteiger partial charge on any atom is 0.253 e. The Bertz CT molecular complexity index is 788. The van der Waals surface area contributed by atoms with Gasteiger partial charge in [0.25, 0.3) is 5.91 Å². The Hall–Kier alpha value is -2.08. The van der Waals surface area contributed by atoms with Gasteiger partial charge in [0, 0.05) is 47.8 Å². The van der Waals surface area contributed by atoms with Gasteiger partial charge in [-0.25, -0.2) is 4.98 Å². The van der Waals surface area contributed by atoms with Crippen molar-refractivity contribution in [3.63, 3.8) is 0 Å². The first-order valence-electron chi connectivity index (χ1n) is 7.88. The monoisotopic (exact) mass is 376 g/mol. The van der Waals surface area contributed by atoms with Gasteiger partial charge in [-0.1, -0.05) is 29.3 Å². The number of rotatable bonds is 4. The van der Waals surface area contributed by atoms with Crippen molar-refractivity contribution in [1.82, 2.24) is 9.88 Å². The highest BCUT2D eigenvalue weighted by molar-refractivity contribution is 6.30. The van der Waals surface area contributed by atoms with Crippen LogP contribution in [-0.4, -0.2) is 28.9 Å². The molecule has 1 amide bonds. The quantitative estimate of drug-likeness (QED) is 0.801. The summed E-state index contributed by atoms with van der Waals surface area (Å²) in [6.45, 7) is 2.02. The molecule has 0 saturated heterocycles. The number of pyridine rings is 1. The van der Waals surface area contributed by atoms with E-state index in [0.717, 1.165) is 18.7 Å². The van der Waals surface area contributed by atoms with Crippen LogP contribution >= 0.6 is 23.2 Å². The number of carbonyl (C=O) groups is 1. The highest BCUT2D eigenvalue weighted by Crippen LogP contribution is 2.20. The molecule has 3 N–H and O–H groups in total. The van der Waals surface area contributed by atoms with Crippen LogP contribution in [0.1, 0.15) is 12.0 Å². The molecule has 2 aromatic rings. The molecule has 0 atom stereocenters. The number of halogens is 2. The molecule has 1 aromatic heterocycles. The van der Waals surface area contributed by atoms with Gasteiger partial charge in [0.05, 0.1) is 0 Å². The summed E-state index contributed by atoms with van der Waals surface area (Å²) < 4.78 is 0. The van der Waals surface area contributed by atoms with Crippen LogP contribution in [0.4, 0.5) is 5.69 Å². The first kappa shape index (κ1) is 17.7. The number of benzene rings is 1. The summed E-state index contributed by atoms with van der Waals surface area (Å²) in [5, 5.41) is 3.96. The number of amides is 1. The number of nitrogens with zero attached hydrogens (tertiary/aromatic N) is 2. The number of aromatic nitrogens is 1. The Labute approximate surface area is 156 Å². The number of hydrogen-bond acceptors (Lipinski definition) is 4. The normalized spacial score (nSPS) is 15.3. The van der Waals surface area contributed by atoms with E-state index in [9.17, 15) is 4.79 Å². The van der Waals surface area contributed by atoms with Crippen molar-refractivity contribution in [3.8, 4) is 0 Å². The molecule has 0 unspecified atom stereocenters. The molecule has 0 fully saturated rings. The van der Waals surface area contributed by atoms with Crippen LogP contribution in [0, 0.1) is 0 Å². The molecule has 3 rings (SSSR count). The first-order valence-corrected chi connectivity index (χ1v) is 8.64. The SMILES string of the molecule is NC1=C(C(=O)Nc2ccc(Cl)cc2)CCN(Cc2ccc(Cl)nc2)C1. The molecule has 0 spiro atoms. The third-order valence-electron chi connectivity index (χ3n) is 4.03. The summed E-state index contributed by atoms with van der Waals surface area (Å²) in [4.78, 5) is 18.7. The van der Waals surface area contributed by atoms with Gasteiger partial charge >= 0.3 is 0 Å². The second-order valence-electron chi connectivity index (χ2n) is 5.91. The van der Waals surface area contributed by atoms with Crippen LogP contribution in [0.3, 0.4) is 0 Å². The Kier molecular flexibility index (Phi) is 5.58. The molecule has 130 valence electrons. The molecule has 0 aliphatic carbocycles. The van der Waals surface area contributed by atoms with Crippen molar-refractivity contribution in [2.45, 2.75) is 13.0 Å². The summed E-state index contributed by atoms with van der Waals surface area (Å²) in [5.41, 5.74) is 9.14. The van der Waals surface area contributed by atoms with Crippen LogP contribution in [0.2, 0.25) is 10.2 Å². The van der Waals surface area contributed by atoms with Crippen molar-refractivity contribution >= 4 is 34.8 Å². The Balaban J connectivity index is 1.62. The summed E-state index contributed by atoms with van der Waals surface area (Å²) in [7, 11) is 0. The largest absolute Gasteiger partial charge is 0.401 e. The van der Waals surface area contributed by atoms with Crippen molar-refractivity contribution < 1.29 is 4.79 Å². The summed E-state index contributed by atoms with van der Waals surface area (Å²) >= 11 is 11.7. The smallest absolute Gasteiger partial charge is 0.253 e. The minimum absolute atomic E-state index is 0.160. The van der Waals surface area contributed by atoms with E-state index in [4.69, 9.17) is 28.9 Å². The van der Waals surface area contributed by atoms with E-state index >= 15 is 0 Å². The Morgan fingerprint density at radius 3 is 2.60 bits per heavy atom. The summed E-state index contributed by atoms with van der Waals surface area (Å²) in [5.74, 6) is -0.160. The second kappa shape index (κ2) is 7.87. The van der Waals surface area contributed by atoms with Crippen LogP contribution < -0.4 is 11.1 Å². The molecule has 5 nitrogen and oxygen atoms in total. The molecular formula is C18H18Cl2N4O. The van der Waals surface area contributed by atoms with Crippen LogP contribution in [0.15, 0.2) is 53.9 Å². The fourth-order valence-corrected chi connectivity index (χ4v) is 2.98. The molecule has 0 radical (unpaired) electrons. The summed E-state index contributed by atoms with van der Waals surface area (Å²) in [6, 6.07) is 10.7. The van der Waals surface area contributed by atoms with Crippen LogP contribution in [0.5, 0.6) is 0 Å². The lowest BCUT2D eigenvalue weighted by atomic mass is 10.0. The van der Waals surface area contributed by atoms with Gasteiger partial charge in [0.15, 0.2) is 0 Å². The molecular weight excluding hydrogens is 359 g/mol. The standard InChI is InChI=1S/C18H18Cl2N4O/c19-13-2-4-14(5-3-13)23-18(25)15-7-8-24(11-16(15)21)10-12-1-6-17(20)22-9-12/h1-6,9H,7-8,10-11,21H2,(H,23,25). The van der Waals surface area contributed by atoms with Crippen LogP contribution in [0.25, 0.3) is 0 Å². The minimum Gasteiger partial charge on any atom is -0.401 e. The van der Waals surface area contributed by atoms with Gasteiger partial charge in [0.2, 0.25) is 0 Å². The van der Waals surface area contributed by atoms with Gasteiger partial charge in [0.1, 0.15) is 5.15 Å². The van der Waals surface area contributed by atoms with E-state index in [-0.39, 0.29) is 5.91 Å². The fourth-order valence-electron chi connectivity index (χ4n) is 2.74. The predicted molar refractivity (Wildman–Crippen MR) is 100 cm³/mol. The van der Waals surface area contributed by atoms with Crippen molar-refractivity contribution in [2.24, 2.45) is 5.73 Å². The molecule has 2 heterocycles. The number of anilines is 1. The molecule has 1 aliphatic heterocycles. The molecule has 1 aliphatic rings. The Morgan fingerprint density at radius 2 is 1.96 bits per heavy atom. The molecule has 0 saturated carbocycles. The first-order chi connectivity index (χ1) is 12.0. The van der Waals surface area contributed by atoms with Gasteiger partial charge in [-0.15, -0.1) is 0 Å². The lowest BCUT2D eigenvalue weighted by Gasteiger charge is -2.28. The number of hydrogen-bond donors (Lipinski definition) is 2. The predicted octanol–water partition coefficient (Wildman–Crippen LogP) is 3.45. The molecule has 25 heavy (non-hydrogen) atoms. The number of carbonyl (C=O) groups excluding carboxylic acids is 1. The lowest BCUT2D eigenvalue weighted by Crippen LogP contribution is -2.36. The van der Waals surface area contributed by atoms with E-state index in [0.29, 0.717) is 40.1 Å². The zero-order valence-electron chi connectivity index (χ0n) is 13.5. The maximum atomic E-state index is 12.4. The van der Waals surface area contributed by atoms with Gasteiger partial charge in [-0.05, 0) is 42.3 Å². The zero-order valence-corrected chi connectivity index (χ0v) is 15.0. The van der Waals surface area contributed by atoms with Crippen molar-refractivity contribution in [2.75, 3.05) is 18.4 Å². The minimum atomic E-state index is -0.160. The zero-order chi connectivity index (χ0) is 17.8. The van der Waals surface area contributed by atoms with Gasteiger partial charge in [-0.2, -0.15) is 0 Å². The fraction of sp³-hybridized carbons (Fsp3) is 0.222. The van der Waals surface area contributed by atoms with Crippen molar-refractivity contribution in [3.05, 3.63) is 69.6 Å². The van der Waals surface area contributed by atoms with E-state index in [1.165, 1.54) is 0 Å². The van der Waals surface area contributed by atoms with Gasteiger partial charge in [-0.3, -0.25) is 9.69 Å². The Morgan fingerprint density at radius 1 is 1.20 bits per heavy atom. The molecule has 0 bridgehead atoms. The van der Waals surface area contributed by atoms with Crippen LogP contribution in [-0.2, 0) is 11.3 Å². The maximum absolute atomic E-state index is 12.4. The summed E-state index contributed by atoms with van der Waals surface area (Å²) in [6.07, 6.45) is 2.36. The van der Waals surface area contributed by atoms with Crippen molar-refractivity contribution in [1.29, 1.82) is 0 Å². The molecule has 7 heteroatoms. The number of nitrogens with two attached hydrogens (primary N) is 1. The average Bonchev–Trinajstić information content (AvgIpc) is 2.59. The third-order valence-corrected chi connectivity index (χ3v) is 4.51. The lowest BCUT2D eigenvalue weighted by molar-refractivity contribution is -0.113. The topological polar surface area (TPSA) is 71.2 Å². The van der Waals surface area contributed by atoms with Gasteiger partial charge < -0.3 is 11.1 Å². The number of nitrogens with one attached hydrogen (secondary N) is 1. The van der Waals surface area contributed by atoms with E-state index in [2.05, 4.69) is 15.2 Å². The van der Waals surface area contributed by atoms with E-state index < -0.39 is 0 Å². The highest BCUT2D eigenvalue weighted by Gasteiger charge is 2.22. The van der Waals surface area contributed by atoms with E-state index in [1.54, 1.807) is 36.5 Å². The van der Waals surface area contributed by atoms with E-state index in [1.807, 2.05) is 6.07 Å². The average molecular weight is 377 g/mol.